The highest BCUT2D eigenvalue weighted by Crippen LogP contribution is 2.18. The second-order valence-corrected chi connectivity index (χ2v) is 2.94. The van der Waals surface area contributed by atoms with Crippen LogP contribution in [-0.4, -0.2) is 0 Å². The molecular weight excluding hydrogens is 151 g/mol. The quantitative estimate of drug-likeness (QED) is 0.628. The molecule has 0 atom stereocenters. The van der Waals surface area contributed by atoms with Crippen molar-refractivity contribution >= 4 is 5.57 Å². The van der Waals surface area contributed by atoms with Crippen LogP contribution < -0.4 is 0 Å². The Balaban J connectivity index is 3.21. The Bertz CT molecular complexity index is 300. The van der Waals surface area contributed by atoms with E-state index >= 15 is 0 Å². The minimum Gasteiger partial charge on any atom is -0.207 e. The van der Waals surface area contributed by atoms with E-state index < -0.39 is 0 Å². The van der Waals surface area contributed by atoms with E-state index in [1.54, 1.807) is 6.07 Å². The summed E-state index contributed by atoms with van der Waals surface area (Å²) in [5.74, 6) is -0.190. The van der Waals surface area contributed by atoms with E-state index in [1.807, 2.05) is 13.0 Å². The molecule has 0 spiro atoms. The van der Waals surface area contributed by atoms with Gasteiger partial charge < -0.3 is 0 Å². The van der Waals surface area contributed by atoms with Crippen molar-refractivity contribution in [2.75, 3.05) is 0 Å². The second kappa shape index (κ2) is 3.53. The second-order valence-electron chi connectivity index (χ2n) is 2.94. The summed E-state index contributed by atoms with van der Waals surface area (Å²) < 4.78 is 12.8. The van der Waals surface area contributed by atoms with Gasteiger partial charge in [0.05, 0.1) is 0 Å². The number of hydrogen-bond donors (Lipinski definition) is 0. The Morgan fingerprint density at radius 3 is 2.67 bits per heavy atom. The predicted molar refractivity (Wildman–Crippen MR) is 50.5 cm³/mol. The zero-order valence-electron chi connectivity index (χ0n) is 7.52. The van der Waals surface area contributed by atoms with Crippen molar-refractivity contribution in [2.24, 2.45) is 0 Å². The summed E-state index contributed by atoms with van der Waals surface area (Å²) in [6.07, 6.45) is 0.919. The maximum Gasteiger partial charge on any atom is 0.123 e. The van der Waals surface area contributed by atoms with Gasteiger partial charge in [-0.2, -0.15) is 0 Å². The maximum absolute atomic E-state index is 12.8. The van der Waals surface area contributed by atoms with Crippen LogP contribution in [0.15, 0.2) is 24.8 Å². The van der Waals surface area contributed by atoms with E-state index in [0.29, 0.717) is 0 Å². The summed E-state index contributed by atoms with van der Waals surface area (Å²) in [6, 6.07) is 4.85. The SMILES string of the molecule is C=C(C)c1cc(F)ccc1CC. The molecule has 1 aromatic carbocycles. The number of aryl methyl sites for hydroxylation is 1. The van der Waals surface area contributed by atoms with Crippen molar-refractivity contribution in [3.05, 3.63) is 41.7 Å². The van der Waals surface area contributed by atoms with Gasteiger partial charge in [0.25, 0.3) is 0 Å². The third-order valence-corrected chi connectivity index (χ3v) is 1.91. The topological polar surface area (TPSA) is 0 Å². The van der Waals surface area contributed by atoms with Gasteiger partial charge >= 0.3 is 0 Å². The molecule has 0 bridgehead atoms. The molecule has 0 heterocycles. The number of rotatable bonds is 2. The lowest BCUT2D eigenvalue weighted by molar-refractivity contribution is 0.626. The number of allylic oxidation sites excluding steroid dienone is 1. The Kier molecular flexibility index (Phi) is 2.64. The number of hydrogen-bond acceptors (Lipinski definition) is 0. The molecule has 0 unspecified atom stereocenters. The van der Waals surface area contributed by atoms with E-state index in [9.17, 15) is 4.39 Å². The van der Waals surface area contributed by atoms with Gasteiger partial charge in [0, 0.05) is 0 Å². The van der Waals surface area contributed by atoms with E-state index in [4.69, 9.17) is 0 Å². The lowest BCUT2D eigenvalue weighted by Crippen LogP contribution is -1.90. The van der Waals surface area contributed by atoms with Crippen molar-refractivity contribution in [3.8, 4) is 0 Å². The highest BCUT2D eigenvalue weighted by molar-refractivity contribution is 5.64. The molecule has 0 aromatic heterocycles. The van der Waals surface area contributed by atoms with Crippen LogP contribution in [-0.2, 0) is 6.42 Å². The van der Waals surface area contributed by atoms with E-state index in [-0.39, 0.29) is 5.82 Å². The summed E-state index contributed by atoms with van der Waals surface area (Å²) >= 11 is 0. The van der Waals surface area contributed by atoms with Crippen LogP contribution in [0.1, 0.15) is 25.0 Å². The van der Waals surface area contributed by atoms with Gasteiger partial charge in [-0.3, -0.25) is 0 Å². The van der Waals surface area contributed by atoms with Gasteiger partial charge in [0.2, 0.25) is 0 Å². The molecule has 0 nitrogen and oxygen atoms in total. The monoisotopic (exact) mass is 164 g/mol. The summed E-state index contributed by atoms with van der Waals surface area (Å²) in [6.45, 7) is 7.76. The third-order valence-electron chi connectivity index (χ3n) is 1.91. The van der Waals surface area contributed by atoms with E-state index in [0.717, 1.165) is 23.1 Å². The Morgan fingerprint density at radius 2 is 2.17 bits per heavy atom. The summed E-state index contributed by atoms with van der Waals surface area (Å²) in [5.41, 5.74) is 3.02. The first-order valence-electron chi connectivity index (χ1n) is 4.09. The van der Waals surface area contributed by atoms with Crippen LogP contribution in [0.25, 0.3) is 5.57 Å². The highest BCUT2D eigenvalue weighted by atomic mass is 19.1. The third kappa shape index (κ3) is 1.73. The Labute approximate surface area is 72.7 Å². The lowest BCUT2D eigenvalue weighted by Gasteiger charge is -2.06. The van der Waals surface area contributed by atoms with Crippen LogP contribution in [0, 0.1) is 5.82 Å². The molecule has 0 aliphatic rings. The Morgan fingerprint density at radius 1 is 1.50 bits per heavy atom. The van der Waals surface area contributed by atoms with Gasteiger partial charge in [0.15, 0.2) is 0 Å². The fourth-order valence-corrected chi connectivity index (χ4v) is 1.25. The molecule has 1 aromatic rings. The van der Waals surface area contributed by atoms with Crippen LogP contribution in [0.3, 0.4) is 0 Å². The van der Waals surface area contributed by atoms with E-state index in [2.05, 4.69) is 13.5 Å². The van der Waals surface area contributed by atoms with Gasteiger partial charge in [-0.15, -0.1) is 0 Å². The zero-order chi connectivity index (χ0) is 9.14. The molecule has 0 saturated heterocycles. The largest absolute Gasteiger partial charge is 0.207 e. The fourth-order valence-electron chi connectivity index (χ4n) is 1.25. The molecule has 0 aliphatic heterocycles. The first-order chi connectivity index (χ1) is 5.65. The zero-order valence-corrected chi connectivity index (χ0v) is 7.52. The van der Waals surface area contributed by atoms with Crippen LogP contribution >= 0.6 is 0 Å². The van der Waals surface area contributed by atoms with Gasteiger partial charge in [-0.25, -0.2) is 4.39 Å². The molecule has 12 heavy (non-hydrogen) atoms. The number of halogens is 1. The van der Waals surface area contributed by atoms with Crippen molar-refractivity contribution in [3.63, 3.8) is 0 Å². The van der Waals surface area contributed by atoms with Gasteiger partial charge in [0.1, 0.15) is 5.82 Å². The Hall–Kier alpha value is -1.11. The van der Waals surface area contributed by atoms with Crippen LogP contribution in [0.2, 0.25) is 0 Å². The molecule has 0 fully saturated rings. The van der Waals surface area contributed by atoms with Crippen molar-refractivity contribution < 1.29 is 4.39 Å². The van der Waals surface area contributed by atoms with Gasteiger partial charge in [-0.1, -0.05) is 25.1 Å². The normalized spacial score (nSPS) is 9.92. The standard InChI is InChI=1S/C11H13F/c1-4-9-5-6-10(12)7-11(9)8(2)3/h5-7H,2,4H2,1,3H3. The molecule has 0 saturated carbocycles. The van der Waals surface area contributed by atoms with Crippen molar-refractivity contribution in [1.82, 2.24) is 0 Å². The lowest BCUT2D eigenvalue weighted by atomic mass is 10.0. The molecule has 0 radical (unpaired) electrons. The molecular formula is C11H13F. The average Bonchev–Trinajstić information content (AvgIpc) is 2.04. The minimum absolute atomic E-state index is 0.190. The first-order valence-corrected chi connectivity index (χ1v) is 4.09. The molecule has 64 valence electrons. The first kappa shape index (κ1) is 8.98. The molecule has 0 aliphatic carbocycles. The van der Waals surface area contributed by atoms with Gasteiger partial charge in [-0.05, 0) is 36.6 Å². The highest BCUT2D eigenvalue weighted by Gasteiger charge is 2.02. The smallest absolute Gasteiger partial charge is 0.123 e. The molecule has 0 amide bonds. The fraction of sp³-hybridized carbons (Fsp3) is 0.273. The van der Waals surface area contributed by atoms with Crippen molar-refractivity contribution in [1.29, 1.82) is 0 Å². The average molecular weight is 164 g/mol. The maximum atomic E-state index is 12.8. The molecule has 0 N–H and O–H groups in total. The minimum atomic E-state index is -0.190. The summed E-state index contributed by atoms with van der Waals surface area (Å²) in [4.78, 5) is 0. The summed E-state index contributed by atoms with van der Waals surface area (Å²) in [7, 11) is 0. The van der Waals surface area contributed by atoms with Crippen LogP contribution in [0.5, 0.6) is 0 Å². The number of benzene rings is 1. The van der Waals surface area contributed by atoms with Crippen molar-refractivity contribution in [2.45, 2.75) is 20.3 Å². The molecule has 1 heteroatoms. The molecule has 1 rings (SSSR count). The van der Waals surface area contributed by atoms with E-state index in [1.165, 1.54) is 6.07 Å². The predicted octanol–water partition coefficient (Wildman–Crippen LogP) is 3.42. The van der Waals surface area contributed by atoms with Crippen LogP contribution in [0.4, 0.5) is 4.39 Å². The summed E-state index contributed by atoms with van der Waals surface area (Å²) in [5, 5.41) is 0.